The number of fused-ring (bicyclic) bond motifs is 1. The van der Waals surface area contributed by atoms with E-state index in [9.17, 15) is 20.4 Å². The fourth-order valence-electron chi connectivity index (χ4n) is 6.50. The summed E-state index contributed by atoms with van der Waals surface area (Å²) in [6, 6.07) is 9.04. The van der Waals surface area contributed by atoms with Gasteiger partial charge in [0.25, 0.3) is 0 Å². The summed E-state index contributed by atoms with van der Waals surface area (Å²) in [6.45, 7) is 38.4. The van der Waals surface area contributed by atoms with Crippen LogP contribution in [0.25, 0.3) is 0 Å². The third-order valence-corrected chi connectivity index (χ3v) is 9.06. The maximum Gasteiger partial charge on any atom is 4.00 e. The van der Waals surface area contributed by atoms with Crippen LogP contribution in [0.2, 0.25) is 0 Å². The fraction of sp³-hybridized carbons (Fsp3) is 0.727. The van der Waals surface area contributed by atoms with Gasteiger partial charge in [-0.15, -0.1) is 17.0 Å². The summed E-state index contributed by atoms with van der Waals surface area (Å²) in [5, 5.41) is 48.5. The summed E-state index contributed by atoms with van der Waals surface area (Å²) in [6.07, 6.45) is 3.41. The van der Waals surface area contributed by atoms with Gasteiger partial charge in [-0.1, -0.05) is 161 Å². The van der Waals surface area contributed by atoms with Crippen molar-refractivity contribution in [1.82, 2.24) is 9.80 Å². The summed E-state index contributed by atoms with van der Waals surface area (Å²) < 4.78 is 0. The van der Waals surface area contributed by atoms with Gasteiger partial charge in [0, 0.05) is 25.7 Å². The number of hydrogen-bond acceptors (Lipinski definition) is 6. The van der Waals surface area contributed by atoms with Gasteiger partial charge in [0.15, 0.2) is 0 Å². The first-order chi connectivity index (χ1) is 22.2. The maximum absolute atomic E-state index is 14.3. The molecular weight excluding hydrogens is 712 g/mol. The number of benzene rings is 2. The quantitative estimate of drug-likeness (QED) is 0.317. The monoisotopic (exact) mass is 782 g/mol. The van der Waals surface area contributed by atoms with Crippen LogP contribution in [0, 0.1) is 0 Å². The summed E-state index contributed by atoms with van der Waals surface area (Å²) in [5.74, 6) is 0.327. The molecule has 2 aliphatic rings. The number of hydrogen-bond donors (Lipinski definition) is 0. The second-order valence-electron chi connectivity index (χ2n) is 20.9. The molecule has 2 fully saturated rings. The summed E-state index contributed by atoms with van der Waals surface area (Å²) in [5.41, 5.74) is 3.82. The molecule has 2 aromatic rings. The van der Waals surface area contributed by atoms with Crippen molar-refractivity contribution in [2.45, 2.75) is 196 Å². The Labute approximate surface area is 332 Å². The standard InChI is InChI=1S/C36H56N2O2.2C4H9O.Zr/c1-33(2,3)24-17-23(30(39)28(19-24)35(7,8)9)21-37-22-26-15-13-14-16-38(26)32(37)27-18-25(34(4,5)6)20-29(31(27)40)36(10,11)12;2*1-4(2,3)5;/h17-20,26,32,39-40H,13-16,21-22H2,1-12H3;2*1-3H3;/q;2*-1;+4/p-2/t26-,32+;;;/m0.../s1. The Morgan fingerprint density at radius 2 is 1.00 bits per heavy atom. The second kappa shape index (κ2) is 17.1. The van der Waals surface area contributed by atoms with Gasteiger partial charge in [0.05, 0.1) is 6.17 Å². The van der Waals surface area contributed by atoms with E-state index in [1.54, 1.807) is 41.5 Å². The minimum Gasteiger partial charge on any atom is -0.872 e. The Kier molecular flexibility index (Phi) is 16.0. The van der Waals surface area contributed by atoms with E-state index in [1.807, 2.05) is 0 Å². The van der Waals surface area contributed by atoms with Gasteiger partial charge in [-0.25, -0.2) is 0 Å². The largest absolute Gasteiger partial charge is 4.00 e. The average molecular weight is 784 g/mol. The molecule has 51 heavy (non-hydrogen) atoms. The molecule has 2 aromatic carbocycles. The van der Waals surface area contributed by atoms with Crippen LogP contribution >= 0.6 is 0 Å². The fourth-order valence-corrected chi connectivity index (χ4v) is 6.50. The van der Waals surface area contributed by atoms with E-state index in [4.69, 9.17) is 0 Å². The Morgan fingerprint density at radius 3 is 1.41 bits per heavy atom. The second-order valence-corrected chi connectivity index (χ2v) is 20.9. The number of nitrogens with zero attached hydrogens (tertiary/aromatic N) is 2. The van der Waals surface area contributed by atoms with Gasteiger partial charge < -0.3 is 20.4 Å². The summed E-state index contributed by atoms with van der Waals surface area (Å²) in [7, 11) is 0. The van der Waals surface area contributed by atoms with Crippen molar-refractivity contribution < 1.29 is 46.6 Å². The molecule has 7 heteroatoms. The van der Waals surface area contributed by atoms with E-state index in [0.29, 0.717) is 12.6 Å². The van der Waals surface area contributed by atoms with Crippen molar-refractivity contribution in [3.05, 3.63) is 57.6 Å². The minimum absolute atomic E-state index is 0. The van der Waals surface area contributed by atoms with Gasteiger partial charge in [-0.2, -0.15) is 0 Å². The molecule has 0 spiro atoms. The van der Waals surface area contributed by atoms with Gasteiger partial charge in [-0.3, -0.25) is 9.80 Å². The topological polar surface area (TPSA) is 98.7 Å². The van der Waals surface area contributed by atoms with E-state index >= 15 is 0 Å². The van der Waals surface area contributed by atoms with Crippen LogP contribution in [0.1, 0.15) is 183 Å². The Balaban J connectivity index is 0.00000104. The molecule has 0 aliphatic carbocycles. The van der Waals surface area contributed by atoms with Crippen LogP contribution in [0.15, 0.2) is 24.3 Å². The molecule has 286 valence electrons. The molecule has 2 aliphatic heterocycles. The van der Waals surface area contributed by atoms with Crippen LogP contribution < -0.4 is 20.4 Å². The Bertz CT molecular complexity index is 1400. The van der Waals surface area contributed by atoms with Gasteiger partial charge in [0.1, 0.15) is 0 Å². The van der Waals surface area contributed by atoms with E-state index < -0.39 is 11.2 Å². The normalized spacial score (nSPS) is 19.3. The van der Waals surface area contributed by atoms with Crippen LogP contribution in [0.4, 0.5) is 0 Å². The van der Waals surface area contributed by atoms with Crippen LogP contribution in [-0.2, 0) is 54.4 Å². The van der Waals surface area contributed by atoms with Gasteiger partial charge in [-0.05, 0) is 67.9 Å². The van der Waals surface area contributed by atoms with Crippen molar-refractivity contribution in [2.24, 2.45) is 0 Å². The molecule has 2 heterocycles. The van der Waals surface area contributed by atoms with Crippen molar-refractivity contribution >= 4 is 0 Å². The molecule has 0 aromatic heterocycles. The molecule has 2 saturated heterocycles. The predicted molar refractivity (Wildman–Crippen MR) is 204 cm³/mol. The van der Waals surface area contributed by atoms with Crippen LogP contribution in [-0.4, -0.2) is 40.1 Å². The van der Waals surface area contributed by atoms with Crippen LogP contribution in [0.5, 0.6) is 11.5 Å². The van der Waals surface area contributed by atoms with Crippen molar-refractivity contribution in [3.63, 3.8) is 0 Å². The predicted octanol–water partition coefficient (Wildman–Crippen LogP) is 7.68. The third kappa shape index (κ3) is 14.5. The molecule has 0 N–H and O–H groups in total. The zero-order valence-electron chi connectivity index (χ0n) is 35.7. The molecule has 4 rings (SSSR count). The maximum atomic E-state index is 14.3. The molecule has 0 unspecified atom stereocenters. The molecule has 2 atom stereocenters. The zero-order valence-corrected chi connectivity index (χ0v) is 38.2. The first-order valence-electron chi connectivity index (χ1n) is 18.8. The van der Waals surface area contributed by atoms with Crippen molar-refractivity contribution in [1.29, 1.82) is 0 Å². The van der Waals surface area contributed by atoms with E-state index in [2.05, 4.69) is 117 Å². The third-order valence-electron chi connectivity index (χ3n) is 9.06. The van der Waals surface area contributed by atoms with Gasteiger partial charge in [0.2, 0.25) is 0 Å². The van der Waals surface area contributed by atoms with Crippen molar-refractivity contribution in [2.75, 3.05) is 13.1 Å². The van der Waals surface area contributed by atoms with E-state index in [0.717, 1.165) is 48.2 Å². The zero-order chi connectivity index (χ0) is 39.0. The minimum atomic E-state index is -0.750. The van der Waals surface area contributed by atoms with E-state index in [1.165, 1.54) is 17.5 Å². The number of piperidine rings is 1. The molecule has 0 radical (unpaired) electrons. The SMILES string of the molecule is CC(C)(C)[O-].CC(C)(C)[O-].CC(C)(C)c1cc(CN2C[C@@H]3CCCCN3[C@@H]2c2cc(C(C)(C)C)cc(C(C)(C)C)c2[O-])c([O-])c(C(C)(C)C)c1.[Zr+4]. The van der Waals surface area contributed by atoms with Crippen molar-refractivity contribution in [3.8, 4) is 11.5 Å². The smallest absolute Gasteiger partial charge is 0.872 e. The number of rotatable bonds is 3. The molecule has 0 amide bonds. The molecule has 0 saturated carbocycles. The first kappa shape index (κ1) is 47.8. The average Bonchev–Trinajstić information content (AvgIpc) is 3.23. The summed E-state index contributed by atoms with van der Waals surface area (Å²) in [4.78, 5) is 5.02. The van der Waals surface area contributed by atoms with E-state index in [-0.39, 0.29) is 65.5 Å². The molecule has 0 bridgehead atoms. The Morgan fingerprint density at radius 1 is 0.588 bits per heavy atom. The van der Waals surface area contributed by atoms with Gasteiger partial charge >= 0.3 is 26.2 Å². The molecular formula is C44H72N2O4Zr. The summed E-state index contributed by atoms with van der Waals surface area (Å²) >= 11 is 0. The molecule has 6 nitrogen and oxygen atoms in total. The first-order valence-corrected chi connectivity index (χ1v) is 18.8. The van der Waals surface area contributed by atoms with Crippen LogP contribution in [0.3, 0.4) is 0 Å². The Hall–Kier alpha value is -1.24.